The van der Waals surface area contributed by atoms with Crippen LogP contribution in [0.2, 0.25) is 5.02 Å². The smallest absolute Gasteiger partial charge is 0.422 e. The van der Waals surface area contributed by atoms with Crippen molar-refractivity contribution in [3.8, 4) is 5.75 Å². The van der Waals surface area contributed by atoms with Gasteiger partial charge in [-0.1, -0.05) is 23.7 Å². The fourth-order valence-electron chi connectivity index (χ4n) is 2.03. The first-order valence-electron chi connectivity index (χ1n) is 7.20. The molecule has 0 spiro atoms. The molecule has 0 saturated heterocycles. The molecule has 1 amide bonds. The second-order valence-corrected chi connectivity index (χ2v) is 7.29. The number of benzene rings is 2. The summed E-state index contributed by atoms with van der Waals surface area (Å²) in [5.41, 5.74) is -1.34. The zero-order chi connectivity index (χ0) is 21.1. The summed E-state index contributed by atoms with van der Waals surface area (Å²) in [6, 6.07) is 7.23. The predicted octanol–water partition coefficient (Wildman–Crippen LogP) is 3.31. The molecule has 0 aliphatic rings. The van der Waals surface area contributed by atoms with Crippen molar-refractivity contribution in [2.75, 3.05) is 6.61 Å². The Morgan fingerprint density at radius 1 is 1.21 bits per heavy atom. The number of para-hydroxylation sites is 1. The monoisotopic (exact) mass is 438 g/mol. The number of halogens is 4. The molecule has 0 fully saturated rings. The molecule has 0 radical (unpaired) electrons. The van der Waals surface area contributed by atoms with E-state index in [1.165, 1.54) is 12.1 Å². The fourth-order valence-corrected chi connectivity index (χ4v) is 3.33. The van der Waals surface area contributed by atoms with Crippen molar-refractivity contribution in [2.24, 2.45) is 0 Å². The Labute approximate surface area is 161 Å². The van der Waals surface area contributed by atoms with Crippen molar-refractivity contribution in [3.05, 3.63) is 63.2 Å². The zero-order valence-corrected chi connectivity index (χ0v) is 15.1. The molecule has 0 unspecified atom stereocenters. The van der Waals surface area contributed by atoms with Crippen LogP contribution in [0.25, 0.3) is 0 Å². The third-order valence-electron chi connectivity index (χ3n) is 3.16. The van der Waals surface area contributed by atoms with Crippen molar-refractivity contribution >= 4 is 33.2 Å². The van der Waals surface area contributed by atoms with Crippen molar-refractivity contribution in [1.82, 2.24) is 4.72 Å². The number of nitro groups is 1. The first-order valence-corrected chi connectivity index (χ1v) is 9.06. The van der Waals surface area contributed by atoms with Crippen molar-refractivity contribution < 1.29 is 36.0 Å². The van der Waals surface area contributed by atoms with Crippen LogP contribution in [-0.4, -0.2) is 32.0 Å². The minimum Gasteiger partial charge on any atom is -0.483 e. The van der Waals surface area contributed by atoms with E-state index in [9.17, 15) is 36.5 Å². The van der Waals surface area contributed by atoms with Crippen LogP contribution in [0, 0.1) is 10.1 Å². The summed E-state index contributed by atoms with van der Waals surface area (Å²) >= 11 is 5.67. The lowest BCUT2D eigenvalue weighted by Crippen LogP contribution is -2.31. The van der Waals surface area contributed by atoms with E-state index in [0.717, 1.165) is 30.3 Å². The number of alkyl halides is 3. The number of carbonyl (C=O) groups excluding carboxylic acids is 1. The number of rotatable bonds is 6. The molecule has 0 aliphatic heterocycles. The molecular weight excluding hydrogens is 429 g/mol. The van der Waals surface area contributed by atoms with Gasteiger partial charge in [-0.3, -0.25) is 14.9 Å². The standard InChI is InChI=1S/C15H10ClF3N2O6S/c16-9-5-6-10(12(7-9)27-8-15(17,18)19)14(22)20-28(25,26)13-4-2-1-3-11(13)21(23)24/h1-7H,8H2,(H,20,22). The van der Waals surface area contributed by atoms with Crippen LogP contribution in [-0.2, 0) is 10.0 Å². The second-order valence-electron chi connectivity index (χ2n) is 5.20. The van der Waals surface area contributed by atoms with Gasteiger partial charge in [0.05, 0.1) is 10.5 Å². The summed E-state index contributed by atoms with van der Waals surface area (Å²) in [4.78, 5) is 21.5. The van der Waals surface area contributed by atoms with Crippen LogP contribution in [0.15, 0.2) is 47.4 Å². The van der Waals surface area contributed by atoms with E-state index in [1.807, 2.05) is 0 Å². The van der Waals surface area contributed by atoms with E-state index in [1.54, 1.807) is 4.72 Å². The highest BCUT2D eigenvalue weighted by atomic mass is 35.5. The largest absolute Gasteiger partial charge is 0.483 e. The van der Waals surface area contributed by atoms with Gasteiger partial charge < -0.3 is 4.74 Å². The Balaban J connectivity index is 2.36. The van der Waals surface area contributed by atoms with E-state index in [-0.39, 0.29) is 5.02 Å². The Morgan fingerprint density at radius 2 is 1.86 bits per heavy atom. The first kappa shape index (κ1) is 21.4. The third kappa shape index (κ3) is 5.33. The average Bonchev–Trinajstić information content (AvgIpc) is 2.59. The maximum absolute atomic E-state index is 12.4. The number of nitrogens with zero attached hydrogens (tertiary/aromatic N) is 1. The highest BCUT2D eigenvalue weighted by Gasteiger charge is 2.31. The summed E-state index contributed by atoms with van der Waals surface area (Å²) < 4.78 is 67.9. The molecule has 0 saturated carbocycles. The first-order chi connectivity index (χ1) is 12.9. The fraction of sp³-hybridized carbons (Fsp3) is 0.133. The van der Waals surface area contributed by atoms with E-state index in [0.29, 0.717) is 0 Å². The molecule has 28 heavy (non-hydrogen) atoms. The topological polar surface area (TPSA) is 116 Å². The molecule has 0 heterocycles. The van der Waals surface area contributed by atoms with Crippen LogP contribution in [0.4, 0.5) is 18.9 Å². The molecule has 0 aliphatic carbocycles. The van der Waals surface area contributed by atoms with Crippen LogP contribution in [0.5, 0.6) is 5.75 Å². The van der Waals surface area contributed by atoms with Crippen molar-refractivity contribution in [3.63, 3.8) is 0 Å². The minimum absolute atomic E-state index is 0.0599. The van der Waals surface area contributed by atoms with E-state index < -0.39 is 55.5 Å². The summed E-state index contributed by atoms with van der Waals surface area (Å²) in [6.45, 7) is -1.75. The third-order valence-corrected chi connectivity index (χ3v) is 4.77. The van der Waals surface area contributed by atoms with E-state index in [2.05, 4.69) is 4.74 Å². The Kier molecular flexibility index (Phi) is 6.14. The van der Waals surface area contributed by atoms with Gasteiger partial charge >= 0.3 is 6.18 Å². The molecule has 0 aromatic heterocycles. The predicted molar refractivity (Wildman–Crippen MR) is 90.8 cm³/mol. The zero-order valence-electron chi connectivity index (χ0n) is 13.6. The van der Waals surface area contributed by atoms with E-state index in [4.69, 9.17) is 11.6 Å². The summed E-state index contributed by atoms with van der Waals surface area (Å²) in [7, 11) is -4.71. The molecule has 1 N–H and O–H groups in total. The SMILES string of the molecule is O=C(NS(=O)(=O)c1ccccc1[N+](=O)[O-])c1ccc(Cl)cc1OCC(F)(F)F. The molecule has 2 aromatic carbocycles. The summed E-state index contributed by atoms with van der Waals surface area (Å²) in [5.74, 6) is -1.97. The number of hydrogen-bond acceptors (Lipinski definition) is 6. The molecular formula is C15H10ClF3N2O6S. The van der Waals surface area contributed by atoms with Gasteiger partial charge in [-0.2, -0.15) is 13.2 Å². The lowest BCUT2D eigenvalue weighted by Gasteiger charge is -2.14. The number of carbonyl (C=O) groups is 1. The van der Waals surface area contributed by atoms with Crippen LogP contribution < -0.4 is 9.46 Å². The van der Waals surface area contributed by atoms with E-state index >= 15 is 0 Å². The van der Waals surface area contributed by atoms with Gasteiger partial charge in [-0.15, -0.1) is 0 Å². The normalized spacial score (nSPS) is 11.7. The number of nitrogens with one attached hydrogen (secondary N) is 1. The van der Waals surface area contributed by atoms with Crippen LogP contribution in [0.3, 0.4) is 0 Å². The van der Waals surface area contributed by atoms with Crippen molar-refractivity contribution in [2.45, 2.75) is 11.1 Å². The number of amides is 1. The van der Waals surface area contributed by atoms with Gasteiger partial charge in [0, 0.05) is 11.1 Å². The highest BCUT2D eigenvalue weighted by Crippen LogP contribution is 2.27. The Morgan fingerprint density at radius 3 is 2.46 bits per heavy atom. The lowest BCUT2D eigenvalue weighted by molar-refractivity contribution is -0.387. The van der Waals surface area contributed by atoms with Gasteiger partial charge in [0.15, 0.2) is 11.5 Å². The maximum Gasteiger partial charge on any atom is 0.422 e. The molecule has 150 valence electrons. The number of ether oxygens (including phenoxy) is 1. The molecule has 2 rings (SSSR count). The Bertz CT molecular complexity index is 1030. The Hall–Kier alpha value is -2.86. The van der Waals surface area contributed by atoms with Gasteiger partial charge in [-0.05, 0) is 24.3 Å². The van der Waals surface area contributed by atoms with Gasteiger partial charge in [0.25, 0.3) is 21.6 Å². The quantitative estimate of drug-likeness (QED) is 0.546. The van der Waals surface area contributed by atoms with Gasteiger partial charge in [0.1, 0.15) is 5.75 Å². The van der Waals surface area contributed by atoms with Crippen LogP contribution >= 0.6 is 11.6 Å². The maximum atomic E-state index is 12.4. The number of sulfonamides is 1. The highest BCUT2D eigenvalue weighted by molar-refractivity contribution is 7.90. The molecule has 13 heteroatoms. The molecule has 0 bridgehead atoms. The number of hydrogen-bond donors (Lipinski definition) is 1. The average molecular weight is 439 g/mol. The second kappa shape index (κ2) is 8.02. The number of nitro benzene ring substituents is 1. The van der Waals surface area contributed by atoms with Crippen LogP contribution in [0.1, 0.15) is 10.4 Å². The molecule has 0 atom stereocenters. The summed E-state index contributed by atoms with van der Waals surface area (Å²) in [5, 5.41) is 10.9. The minimum atomic E-state index is -4.72. The summed E-state index contributed by atoms with van der Waals surface area (Å²) in [6.07, 6.45) is -4.72. The van der Waals surface area contributed by atoms with Gasteiger partial charge in [-0.25, -0.2) is 13.1 Å². The van der Waals surface area contributed by atoms with Crippen molar-refractivity contribution in [1.29, 1.82) is 0 Å². The molecule has 8 nitrogen and oxygen atoms in total. The lowest BCUT2D eigenvalue weighted by atomic mass is 10.2. The molecule has 2 aromatic rings. The van der Waals surface area contributed by atoms with Gasteiger partial charge in [0.2, 0.25) is 0 Å².